The SMILES string of the molecule is COc1cc2c(c(OC)c1OC)-c1ccc(OC)c(=O)cc1[C@@H](NC(C)=O)CC2.O.O. The lowest BCUT2D eigenvalue weighted by Gasteiger charge is -2.19. The number of rotatable bonds is 5. The molecule has 0 bridgehead atoms. The lowest BCUT2D eigenvalue weighted by atomic mass is 9.95. The molecule has 1 aliphatic rings. The van der Waals surface area contributed by atoms with Crippen LogP contribution in [0.3, 0.4) is 0 Å². The summed E-state index contributed by atoms with van der Waals surface area (Å²) in [6, 6.07) is 6.57. The topological polar surface area (TPSA) is 146 Å². The van der Waals surface area contributed by atoms with E-state index in [0.717, 1.165) is 16.7 Å². The first-order valence-electron chi connectivity index (χ1n) is 9.26. The fraction of sp³-hybridized carbons (Fsp3) is 0.364. The van der Waals surface area contributed by atoms with Crippen molar-refractivity contribution in [2.75, 3.05) is 28.4 Å². The lowest BCUT2D eigenvalue weighted by molar-refractivity contribution is -0.119. The van der Waals surface area contributed by atoms with Crippen molar-refractivity contribution in [3.05, 3.63) is 45.6 Å². The number of fused-ring (bicyclic) bond motifs is 3. The first-order valence-corrected chi connectivity index (χ1v) is 9.26. The van der Waals surface area contributed by atoms with Gasteiger partial charge in [0.05, 0.1) is 34.5 Å². The number of aryl methyl sites for hydroxylation is 1. The van der Waals surface area contributed by atoms with Gasteiger partial charge in [0.2, 0.25) is 17.1 Å². The Hall–Kier alpha value is -3.30. The summed E-state index contributed by atoms with van der Waals surface area (Å²) in [5.41, 5.74) is 3.01. The number of carbonyl (C=O) groups excluding carboxylic acids is 1. The molecule has 0 unspecified atom stereocenters. The first-order chi connectivity index (χ1) is 13.9. The van der Waals surface area contributed by atoms with Gasteiger partial charge in [-0.3, -0.25) is 9.59 Å². The minimum atomic E-state index is -0.332. The van der Waals surface area contributed by atoms with Gasteiger partial charge in [0, 0.05) is 12.5 Å². The molecule has 1 amide bonds. The maximum atomic E-state index is 12.6. The molecule has 0 heterocycles. The second-order valence-corrected chi connectivity index (χ2v) is 6.75. The highest BCUT2D eigenvalue weighted by atomic mass is 16.5. The number of carbonyl (C=O) groups is 1. The number of methoxy groups -OCH3 is 4. The zero-order chi connectivity index (χ0) is 21.1. The molecule has 5 N–H and O–H groups in total. The van der Waals surface area contributed by atoms with Crippen LogP contribution in [0.5, 0.6) is 23.0 Å². The molecular formula is C22H29NO8. The predicted molar refractivity (Wildman–Crippen MR) is 116 cm³/mol. The van der Waals surface area contributed by atoms with Crippen molar-refractivity contribution in [2.24, 2.45) is 0 Å². The van der Waals surface area contributed by atoms with E-state index in [4.69, 9.17) is 18.9 Å². The van der Waals surface area contributed by atoms with Crippen molar-refractivity contribution in [2.45, 2.75) is 25.8 Å². The third-order valence-electron chi connectivity index (χ3n) is 5.10. The number of hydrogen-bond donors (Lipinski definition) is 1. The normalized spacial score (nSPS) is 13.8. The van der Waals surface area contributed by atoms with E-state index in [1.165, 1.54) is 20.1 Å². The van der Waals surface area contributed by atoms with E-state index in [1.54, 1.807) is 27.4 Å². The lowest BCUT2D eigenvalue weighted by Crippen LogP contribution is -2.26. The van der Waals surface area contributed by atoms with Crippen molar-refractivity contribution < 1.29 is 34.7 Å². The third-order valence-corrected chi connectivity index (χ3v) is 5.10. The van der Waals surface area contributed by atoms with Gasteiger partial charge in [-0.05, 0) is 47.7 Å². The largest absolute Gasteiger partial charge is 0.493 e. The van der Waals surface area contributed by atoms with E-state index in [0.29, 0.717) is 35.7 Å². The molecular weight excluding hydrogens is 406 g/mol. The van der Waals surface area contributed by atoms with Crippen LogP contribution in [0.1, 0.15) is 30.5 Å². The second-order valence-electron chi connectivity index (χ2n) is 6.75. The molecule has 0 aliphatic heterocycles. The zero-order valence-corrected chi connectivity index (χ0v) is 18.3. The third kappa shape index (κ3) is 4.73. The van der Waals surface area contributed by atoms with Crippen LogP contribution in [0.4, 0.5) is 0 Å². The summed E-state index contributed by atoms with van der Waals surface area (Å²) in [6.45, 7) is 1.46. The highest BCUT2D eigenvalue weighted by molar-refractivity contribution is 5.83. The van der Waals surface area contributed by atoms with Gasteiger partial charge in [0.1, 0.15) is 0 Å². The van der Waals surface area contributed by atoms with Crippen LogP contribution in [0.25, 0.3) is 11.1 Å². The number of nitrogens with one attached hydrogen (secondary N) is 1. The van der Waals surface area contributed by atoms with Crippen LogP contribution in [-0.2, 0) is 11.2 Å². The summed E-state index contributed by atoms with van der Waals surface area (Å²) in [6.07, 6.45) is 1.27. The van der Waals surface area contributed by atoms with Crippen LogP contribution in [0.2, 0.25) is 0 Å². The number of benzene rings is 1. The molecule has 170 valence electrons. The van der Waals surface area contributed by atoms with Gasteiger partial charge in [-0.2, -0.15) is 0 Å². The van der Waals surface area contributed by atoms with E-state index in [-0.39, 0.29) is 34.1 Å². The van der Waals surface area contributed by atoms with Gasteiger partial charge in [-0.25, -0.2) is 0 Å². The van der Waals surface area contributed by atoms with Crippen LogP contribution in [-0.4, -0.2) is 45.3 Å². The Morgan fingerprint density at radius 1 is 0.935 bits per heavy atom. The van der Waals surface area contributed by atoms with E-state index in [2.05, 4.69) is 5.32 Å². The number of ether oxygens (including phenoxy) is 4. The minimum Gasteiger partial charge on any atom is -0.493 e. The standard InChI is InChI=1S/C22H25NO6.2H2O/c1-12(24)23-16-8-6-13-10-19(27-3)21(28-4)22(29-5)20(13)14-7-9-18(26-2)17(25)11-15(14)16;;/h7,9-11,16H,6,8H2,1-5H3,(H,23,24);2*1H2/t16-;;/m0../s1. The molecule has 0 saturated carbocycles. The zero-order valence-electron chi connectivity index (χ0n) is 18.3. The highest BCUT2D eigenvalue weighted by Crippen LogP contribution is 2.50. The van der Waals surface area contributed by atoms with Gasteiger partial charge in [0.25, 0.3) is 0 Å². The Labute approximate surface area is 180 Å². The van der Waals surface area contributed by atoms with Crippen molar-refractivity contribution in [3.8, 4) is 34.1 Å². The van der Waals surface area contributed by atoms with E-state index in [1.807, 2.05) is 12.1 Å². The Morgan fingerprint density at radius 2 is 1.58 bits per heavy atom. The van der Waals surface area contributed by atoms with Crippen LogP contribution in [0, 0.1) is 0 Å². The molecule has 0 radical (unpaired) electrons. The molecule has 0 aromatic heterocycles. The quantitative estimate of drug-likeness (QED) is 0.747. The molecule has 0 saturated heterocycles. The average molecular weight is 435 g/mol. The monoisotopic (exact) mass is 435 g/mol. The average Bonchev–Trinajstić information content (AvgIpc) is 2.95. The van der Waals surface area contributed by atoms with E-state index < -0.39 is 0 Å². The number of hydrogen-bond acceptors (Lipinski definition) is 6. The van der Waals surface area contributed by atoms with E-state index in [9.17, 15) is 9.59 Å². The molecule has 1 aliphatic carbocycles. The summed E-state index contributed by atoms with van der Waals surface area (Å²) in [4.78, 5) is 24.5. The first kappa shape index (κ1) is 25.7. The molecule has 2 aromatic carbocycles. The maximum Gasteiger partial charge on any atom is 0.220 e. The summed E-state index contributed by atoms with van der Waals surface area (Å²) >= 11 is 0. The summed E-state index contributed by atoms with van der Waals surface area (Å²) in [7, 11) is 6.14. The van der Waals surface area contributed by atoms with Crippen LogP contribution < -0.4 is 29.7 Å². The molecule has 0 fully saturated rings. The van der Waals surface area contributed by atoms with E-state index >= 15 is 0 Å². The second kappa shape index (κ2) is 10.6. The fourth-order valence-corrected chi connectivity index (χ4v) is 3.86. The van der Waals surface area contributed by atoms with Gasteiger partial charge in [0.15, 0.2) is 17.2 Å². The molecule has 3 rings (SSSR count). The summed E-state index contributed by atoms with van der Waals surface area (Å²) in [5.74, 6) is 1.60. The Balaban J connectivity index is 0.00000240. The van der Waals surface area contributed by atoms with Gasteiger partial charge >= 0.3 is 0 Å². The van der Waals surface area contributed by atoms with Gasteiger partial charge < -0.3 is 35.2 Å². The summed E-state index contributed by atoms with van der Waals surface area (Å²) in [5, 5.41) is 2.96. The fourth-order valence-electron chi connectivity index (χ4n) is 3.86. The van der Waals surface area contributed by atoms with Gasteiger partial charge in [-0.1, -0.05) is 6.07 Å². The van der Waals surface area contributed by atoms with Crippen molar-refractivity contribution in [1.29, 1.82) is 0 Å². The van der Waals surface area contributed by atoms with Crippen LogP contribution in [0.15, 0.2) is 29.1 Å². The molecule has 31 heavy (non-hydrogen) atoms. The smallest absolute Gasteiger partial charge is 0.220 e. The Bertz CT molecular complexity index is 1010. The molecule has 0 spiro atoms. The summed E-state index contributed by atoms with van der Waals surface area (Å²) < 4.78 is 22.0. The minimum absolute atomic E-state index is 0. The molecule has 9 nitrogen and oxygen atoms in total. The van der Waals surface area contributed by atoms with Crippen LogP contribution >= 0.6 is 0 Å². The Kier molecular flexibility index (Phi) is 8.84. The number of amides is 1. The van der Waals surface area contributed by atoms with Crippen molar-refractivity contribution in [1.82, 2.24) is 5.32 Å². The van der Waals surface area contributed by atoms with Crippen molar-refractivity contribution >= 4 is 5.91 Å². The van der Waals surface area contributed by atoms with Crippen molar-refractivity contribution in [3.63, 3.8) is 0 Å². The molecule has 9 heteroatoms. The molecule has 1 atom stereocenters. The maximum absolute atomic E-state index is 12.6. The Morgan fingerprint density at radius 3 is 2.13 bits per heavy atom. The van der Waals surface area contributed by atoms with Gasteiger partial charge in [-0.15, -0.1) is 0 Å². The molecule has 2 aromatic rings. The highest BCUT2D eigenvalue weighted by Gasteiger charge is 2.29. The predicted octanol–water partition coefficient (Wildman–Crippen LogP) is 1.22.